The minimum atomic E-state index is -0.479. The molecule has 1 aliphatic heterocycles. The molecule has 0 aromatic heterocycles. The SMILES string of the molecule is Cc1ccccc1OCCN(C)C(=O)CC1CCN(C(=O)OC(C)(C)C)CC1. The zero-order chi connectivity index (χ0) is 20.7. The Bertz CT molecular complexity index is 661. The van der Waals surface area contributed by atoms with Gasteiger partial charge in [0.15, 0.2) is 0 Å². The van der Waals surface area contributed by atoms with Gasteiger partial charge in [-0.25, -0.2) is 4.79 Å². The molecule has 6 heteroatoms. The van der Waals surface area contributed by atoms with E-state index in [0.29, 0.717) is 38.6 Å². The molecular weight excluding hydrogens is 356 g/mol. The number of rotatable bonds is 6. The van der Waals surface area contributed by atoms with Crippen LogP contribution in [0.4, 0.5) is 4.79 Å². The fraction of sp³-hybridized carbons (Fsp3) is 0.636. The average Bonchev–Trinajstić information content (AvgIpc) is 2.62. The standard InChI is InChI=1S/C22H34N2O4/c1-17-8-6-7-9-19(17)27-15-14-23(5)20(25)16-18-10-12-24(13-11-18)21(26)28-22(2,3)4/h6-9,18H,10-16H2,1-5H3. The largest absolute Gasteiger partial charge is 0.491 e. The number of hydrogen-bond acceptors (Lipinski definition) is 4. The molecule has 1 saturated heterocycles. The number of piperidine rings is 1. The molecule has 0 spiro atoms. The van der Waals surface area contributed by atoms with Crippen LogP contribution >= 0.6 is 0 Å². The van der Waals surface area contributed by atoms with Crippen molar-refractivity contribution < 1.29 is 19.1 Å². The fourth-order valence-corrected chi connectivity index (χ4v) is 3.18. The third-order valence-electron chi connectivity index (χ3n) is 4.93. The number of ether oxygens (including phenoxy) is 2. The summed E-state index contributed by atoms with van der Waals surface area (Å²) in [7, 11) is 1.82. The Morgan fingerprint density at radius 2 is 1.82 bits per heavy atom. The highest BCUT2D eigenvalue weighted by molar-refractivity contribution is 5.76. The van der Waals surface area contributed by atoms with Crippen LogP contribution in [0.1, 0.15) is 45.6 Å². The third kappa shape index (κ3) is 7.06. The van der Waals surface area contributed by atoms with Crippen molar-refractivity contribution >= 4 is 12.0 Å². The summed E-state index contributed by atoms with van der Waals surface area (Å²) >= 11 is 0. The van der Waals surface area contributed by atoms with Gasteiger partial charge >= 0.3 is 6.09 Å². The van der Waals surface area contributed by atoms with Crippen molar-refractivity contribution in [1.29, 1.82) is 0 Å². The maximum Gasteiger partial charge on any atom is 0.410 e. The van der Waals surface area contributed by atoms with Crippen molar-refractivity contribution in [3.63, 3.8) is 0 Å². The van der Waals surface area contributed by atoms with E-state index in [9.17, 15) is 9.59 Å². The normalized spacial score (nSPS) is 15.2. The fourth-order valence-electron chi connectivity index (χ4n) is 3.18. The van der Waals surface area contributed by atoms with Gasteiger partial charge in [0.25, 0.3) is 0 Å². The van der Waals surface area contributed by atoms with Crippen molar-refractivity contribution in [3.05, 3.63) is 29.8 Å². The monoisotopic (exact) mass is 390 g/mol. The molecule has 1 fully saturated rings. The Morgan fingerprint density at radius 3 is 2.43 bits per heavy atom. The van der Waals surface area contributed by atoms with E-state index >= 15 is 0 Å². The van der Waals surface area contributed by atoms with Crippen molar-refractivity contribution in [2.24, 2.45) is 5.92 Å². The molecule has 1 aliphatic rings. The lowest BCUT2D eigenvalue weighted by molar-refractivity contribution is -0.131. The van der Waals surface area contributed by atoms with Gasteiger partial charge in [-0.3, -0.25) is 4.79 Å². The predicted molar refractivity (Wildman–Crippen MR) is 109 cm³/mol. The summed E-state index contributed by atoms with van der Waals surface area (Å²) in [4.78, 5) is 28.1. The number of aryl methyl sites for hydroxylation is 1. The Hall–Kier alpha value is -2.24. The number of likely N-dealkylation sites (tertiary alicyclic amines) is 1. The second-order valence-corrected chi connectivity index (χ2v) is 8.54. The number of amides is 2. The molecule has 2 amide bonds. The summed E-state index contributed by atoms with van der Waals surface area (Å²) in [6.07, 6.45) is 1.92. The zero-order valence-corrected chi connectivity index (χ0v) is 17.9. The summed E-state index contributed by atoms with van der Waals surface area (Å²) in [5, 5.41) is 0. The lowest BCUT2D eigenvalue weighted by Crippen LogP contribution is -2.42. The molecule has 1 heterocycles. The van der Waals surface area contributed by atoms with Crippen LogP contribution < -0.4 is 4.74 Å². The van der Waals surface area contributed by atoms with E-state index in [-0.39, 0.29) is 12.0 Å². The highest BCUT2D eigenvalue weighted by Crippen LogP contribution is 2.23. The lowest BCUT2D eigenvalue weighted by atomic mass is 9.93. The van der Waals surface area contributed by atoms with Gasteiger partial charge in [0, 0.05) is 26.6 Å². The first-order valence-electron chi connectivity index (χ1n) is 10.1. The topological polar surface area (TPSA) is 59.1 Å². The molecule has 28 heavy (non-hydrogen) atoms. The third-order valence-corrected chi connectivity index (χ3v) is 4.93. The number of para-hydroxylation sites is 1. The maximum absolute atomic E-state index is 12.5. The summed E-state index contributed by atoms with van der Waals surface area (Å²) in [5.74, 6) is 1.30. The molecule has 0 radical (unpaired) electrons. The van der Waals surface area contributed by atoms with Crippen LogP contribution in [0.15, 0.2) is 24.3 Å². The van der Waals surface area contributed by atoms with Crippen molar-refractivity contribution in [3.8, 4) is 5.75 Å². The second kappa shape index (κ2) is 9.80. The zero-order valence-electron chi connectivity index (χ0n) is 17.9. The van der Waals surface area contributed by atoms with E-state index in [0.717, 1.165) is 24.2 Å². The van der Waals surface area contributed by atoms with Crippen molar-refractivity contribution in [1.82, 2.24) is 9.80 Å². The Kier molecular flexibility index (Phi) is 7.72. The van der Waals surface area contributed by atoms with E-state index in [2.05, 4.69) is 0 Å². The molecule has 1 aromatic carbocycles. The van der Waals surface area contributed by atoms with Gasteiger partial charge in [-0.05, 0) is 58.1 Å². The smallest absolute Gasteiger partial charge is 0.410 e. The first-order valence-corrected chi connectivity index (χ1v) is 10.1. The molecule has 0 saturated carbocycles. The maximum atomic E-state index is 12.5. The Balaban J connectivity index is 1.69. The van der Waals surface area contributed by atoms with Crippen LogP contribution in [-0.2, 0) is 9.53 Å². The molecule has 2 rings (SSSR count). The van der Waals surface area contributed by atoms with Gasteiger partial charge in [-0.15, -0.1) is 0 Å². The van der Waals surface area contributed by atoms with Crippen LogP contribution in [-0.4, -0.2) is 60.7 Å². The quantitative estimate of drug-likeness (QED) is 0.740. The predicted octanol–water partition coefficient (Wildman–Crippen LogP) is 3.87. The average molecular weight is 391 g/mol. The first kappa shape index (κ1) is 22.1. The van der Waals surface area contributed by atoms with Crippen LogP contribution in [0, 0.1) is 12.8 Å². The minimum Gasteiger partial charge on any atom is -0.491 e. The lowest BCUT2D eigenvalue weighted by Gasteiger charge is -2.33. The van der Waals surface area contributed by atoms with Crippen LogP contribution in [0.5, 0.6) is 5.75 Å². The van der Waals surface area contributed by atoms with E-state index in [1.54, 1.807) is 9.80 Å². The Labute approximate surface area is 168 Å². The van der Waals surface area contributed by atoms with Crippen LogP contribution in [0.25, 0.3) is 0 Å². The van der Waals surface area contributed by atoms with Gasteiger partial charge in [0.1, 0.15) is 18.0 Å². The van der Waals surface area contributed by atoms with Crippen molar-refractivity contribution in [2.75, 3.05) is 33.3 Å². The van der Waals surface area contributed by atoms with Crippen molar-refractivity contribution in [2.45, 2.75) is 52.6 Å². The van der Waals surface area contributed by atoms with Crippen LogP contribution in [0.2, 0.25) is 0 Å². The first-order chi connectivity index (χ1) is 13.2. The molecule has 0 N–H and O–H groups in total. The Morgan fingerprint density at radius 1 is 1.18 bits per heavy atom. The minimum absolute atomic E-state index is 0.129. The van der Waals surface area contributed by atoms with E-state index < -0.39 is 5.60 Å². The number of carbonyl (C=O) groups excluding carboxylic acids is 2. The molecule has 1 aromatic rings. The number of benzene rings is 1. The molecule has 6 nitrogen and oxygen atoms in total. The number of carbonyl (C=O) groups is 2. The number of nitrogens with zero attached hydrogens (tertiary/aromatic N) is 2. The molecule has 0 unspecified atom stereocenters. The summed E-state index contributed by atoms with van der Waals surface area (Å²) in [6.45, 7) is 9.95. The van der Waals surface area contributed by atoms with Gasteiger partial charge in [0.2, 0.25) is 5.91 Å². The van der Waals surface area contributed by atoms with Gasteiger partial charge in [-0.2, -0.15) is 0 Å². The van der Waals surface area contributed by atoms with Crippen LogP contribution in [0.3, 0.4) is 0 Å². The van der Waals surface area contributed by atoms with E-state index in [4.69, 9.17) is 9.47 Å². The molecule has 0 aliphatic carbocycles. The van der Waals surface area contributed by atoms with Gasteiger partial charge in [0.05, 0.1) is 6.54 Å². The summed E-state index contributed by atoms with van der Waals surface area (Å²) < 4.78 is 11.2. The molecule has 0 atom stereocenters. The molecule has 156 valence electrons. The molecular formula is C22H34N2O4. The summed E-state index contributed by atoms with van der Waals surface area (Å²) in [6, 6.07) is 7.87. The summed E-state index contributed by atoms with van der Waals surface area (Å²) in [5.41, 5.74) is 0.612. The highest BCUT2D eigenvalue weighted by Gasteiger charge is 2.28. The van der Waals surface area contributed by atoms with E-state index in [1.165, 1.54) is 0 Å². The number of likely N-dealkylation sites (N-methyl/N-ethyl adjacent to an activating group) is 1. The highest BCUT2D eigenvalue weighted by atomic mass is 16.6. The number of hydrogen-bond donors (Lipinski definition) is 0. The molecule has 0 bridgehead atoms. The second-order valence-electron chi connectivity index (χ2n) is 8.54. The van der Waals surface area contributed by atoms with Gasteiger partial charge in [-0.1, -0.05) is 18.2 Å². The van der Waals surface area contributed by atoms with Gasteiger partial charge < -0.3 is 19.3 Å². The van der Waals surface area contributed by atoms with E-state index in [1.807, 2.05) is 59.0 Å².